The molecule has 0 bridgehead atoms. The summed E-state index contributed by atoms with van der Waals surface area (Å²) in [6.07, 6.45) is 2.78. The highest BCUT2D eigenvalue weighted by molar-refractivity contribution is 5.94. The van der Waals surface area contributed by atoms with Crippen LogP contribution in [0, 0.1) is 11.6 Å². The molecule has 1 aliphatic rings. The topological polar surface area (TPSA) is 41.1 Å². The van der Waals surface area contributed by atoms with Gasteiger partial charge < -0.3 is 10.6 Å². The summed E-state index contributed by atoms with van der Waals surface area (Å²) in [6.45, 7) is 0.796. The minimum Gasteiger partial charge on any atom is -0.322 e. The molecule has 2 N–H and O–H groups in total. The normalized spacial score (nSPS) is 20.0. The quantitative estimate of drug-likeness (QED) is 0.830. The highest BCUT2D eigenvalue weighted by Crippen LogP contribution is 2.16. The summed E-state index contributed by atoms with van der Waals surface area (Å²) in [6, 6.07) is 2.82. The van der Waals surface area contributed by atoms with Crippen LogP contribution in [0.3, 0.4) is 0 Å². The number of halogens is 2. The first-order valence-corrected chi connectivity index (χ1v) is 5.66. The molecule has 1 saturated heterocycles. The molecule has 1 aliphatic heterocycles. The maximum atomic E-state index is 13.3. The zero-order chi connectivity index (χ0) is 12.3. The lowest BCUT2D eigenvalue weighted by molar-refractivity contribution is -0.118. The van der Waals surface area contributed by atoms with Crippen LogP contribution in [0.5, 0.6) is 0 Å². The third-order valence-corrected chi connectivity index (χ3v) is 2.82. The van der Waals surface area contributed by atoms with Crippen molar-refractivity contribution in [2.75, 3.05) is 11.9 Å². The lowest BCUT2D eigenvalue weighted by Crippen LogP contribution is -2.43. The molecule has 92 valence electrons. The second kappa shape index (κ2) is 5.23. The van der Waals surface area contributed by atoms with Gasteiger partial charge in [-0.15, -0.1) is 0 Å². The zero-order valence-electron chi connectivity index (χ0n) is 9.30. The van der Waals surface area contributed by atoms with Gasteiger partial charge in [-0.1, -0.05) is 6.42 Å². The van der Waals surface area contributed by atoms with Gasteiger partial charge in [0.05, 0.1) is 11.7 Å². The Labute approximate surface area is 98.2 Å². The van der Waals surface area contributed by atoms with Crippen LogP contribution in [0.1, 0.15) is 19.3 Å². The molecule has 1 heterocycles. The van der Waals surface area contributed by atoms with E-state index in [2.05, 4.69) is 10.6 Å². The number of amides is 1. The lowest BCUT2D eigenvalue weighted by atomic mass is 10.0. The third kappa shape index (κ3) is 3.00. The van der Waals surface area contributed by atoms with E-state index in [1.54, 1.807) is 0 Å². The summed E-state index contributed by atoms with van der Waals surface area (Å²) in [5.74, 6) is -1.68. The monoisotopic (exact) mass is 240 g/mol. The number of benzene rings is 1. The van der Waals surface area contributed by atoms with Gasteiger partial charge in [-0.05, 0) is 31.5 Å². The van der Waals surface area contributed by atoms with Crippen molar-refractivity contribution < 1.29 is 13.6 Å². The molecule has 0 radical (unpaired) electrons. The lowest BCUT2D eigenvalue weighted by Gasteiger charge is -2.22. The van der Waals surface area contributed by atoms with Crippen LogP contribution in [0.2, 0.25) is 0 Å². The maximum absolute atomic E-state index is 13.3. The summed E-state index contributed by atoms with van der Waals surface area (Å²) in [5, 5.41) is 5.53. The smallest absolute Gasteiger partial charge is 0.241 e. The number of nitrogens with one attached hydrogen (secondary N) is 2. The molecule has 5 heteroatoms. The molecular weight excluding hydrogens is 226 g/mol. The summed E-state index contributed by atoms with van der Waals surface area (Å²) in [5.41, 5.74) is 0.0174. The van der Waals surface area contributed by atoms with E-state index in [0.29, 0.717) is 0 Å². The van der Waals surface area contributed by atoms with Crippen molar-refractivity contribution in [3.8, 4) is 0 Å². The molecule has 1 aromatic rings. The zero-order valence-corrected chi connectivity index (χ0v) is 9.30. The Kier molecular flexibility index (Phi) is 3.68. The van der Waals surface area contributed by atoms with Crippen molar-refractivity contribution in [2.24, 2.45) is 0 Å². The van der Waals surface area contributed by atoms with Crippen LogP contribution in [-0.4, -0.2) is 18.5 Å². The van der Waals surface area contributed by atoms with Crippen molar-refractivity contribution in [1.82, 2.24) is 5.32 Å². The second-order valence-electron chi connectivity index (χ2n) is 4.12. The average Bonchev–Trinajstić information content (AvgIpc) is 2.34. The van der Waals surface area contributed by atoms with Gasteiger partial charge in [-0.25, -0.2) is 8.78 Å². The van der Waals surface area contributed by atoms with Gasteiger partial charge in [0, 0.05) is 6.07 Å². The van der Waals surface area contributed by atoms with Crippen molar-refractivity contribution in [3.63, 3.8) is 0 Å². The molecule has 3 nitrogen and oxygen atoms in total. The van der Waals surface area contributed by atoms with Crippen LogP contribution in [0.15, 0.2) is 18.2 Å². The average molecular weight is 240 g/mol. The Morgan fingerprint density at radius 2 is 2.18 bits per heavy atom. The van der Waals surface area contributed by atoms with E-state index in [4.69, 9.17) is 0 Å². The summed E-state index contributed by atoms with van der Waals surface area (Å²) in [7, 11) is 0. The minimum absolute atomic E-state index is 0.0174. The molecular formula is C12H14F2N2O. The maximum Gasteiger partial charge on any atom is 0.241 e. The SMILES string of the molecule is O=C(Nc1ccc(F)cc1F)[C@@H]1CCCCN1. The summed E-state index contributed by atoms with van der Waals surface area (Å²) < 4.78 is 26.0. The van der Waals surface area contributed by atoms with Crippen LogP contribution in [-0.2, 0) is 4.79 Å². The van der Waals surface area contributed by atoms with Crippen molar-refractivity contribution in [2.45, 2.75) is 25.3 Å². The van der Waals surface area contributed by atoms with E-state index in [9.17, 15) is 13.6 Å². The molecule has 1 amide bonds. The molecule has 0 spiro atoms. The number of carbonyl (C=O) groups is 1. The summed E-state index contributed by atoms with van der Waals surface area (Å²) >= 11 is 0. The highest BCUT2D eigenvalue weighted by atomic mass is 19.1. The Balaban J connectivity index is 2.02. The fourth-order valence-electron chi connectivity index (χ4n) is 1.89. The van der Waals surface area contributed by atoms with E-state index in [0.717, 1.165) is 37.9 Å². The number of hydrogen-bond acceptors (Lipinski definition) is 2. The predicted octanol–water partition coefficient (Wildman–Crippen LogP) is 2.05. The van der Waals surface area contributed by atoms with Gasteiger partial charge in [0.25, 0.3) is 0 Å². The standard InChI is InChI=1S/C12H14F2N2O/c13-8-4-5-10(9(14)7-8)16-12(17)11-3-1-2-6-15-11/h4-5,7,11,15H,1-3,6H2,(H,16,17)/t11-/m0/s1. The molecule has 0 aliphatic carbocycles. The molecule has 17 heavy (non-hydrogen) atoms. The van der Waals surface area contributed by atoms with Gasteiger partial charge in [0.1, 0.15) is 11.6 Å². The van der Waals surface area contributed by atoms with Gasteiger partial charge in [-0.3, -0.25) is 4.79 Å². The predicted molar refractivity (Wildman–Crippen MR) is 60.6 cm³/mol. The van der Waals surface area contributed by atoms with Crippen LogP contribution in [0.4, 0.5) is 14.5 Å². The third-order valence-electron chi connectivity index (χ3n) is 2.82. The fourth-order valence-corrected chi connectivity index (χ4v) is 1.89. The molecule has 1 fully saturated rings. The molecule has 1 atom stereocenters. The van der Waals surface area contributed by atoms with Crippen molar-refractivity contribution in [3.05, 3.63) is 29.8 Å². The van der Waals surface area contributed by atoms with E-state index in [1.807, 2.05) is 0 Å². The minimum atomic E-state index is -0.755. The van der Waals surface area contributed by atoms with E-state index >= 15 is 0 Å². The van der Waals surface area contributed by atoms with Gasteiger partial charge in [0.2, 0.25) is 5.91 Å². The Morgan fingerprint density at radius 3 is 2.82 bits per heavy atom. The number of piperidine rings is 1. The Morgan fingerprint density at radius 1 is 1.35 bits per heavy atom. The van der Waals surface area contributed by atoms with Crippen LogP contribution >= 0.6 is 0 Å². The second-order valence-corrected chi connectivity index (χ2v) is 4.12. The first kappa shape index (κ1) is 12.0. The largest absolute Gasteiger partial charge is 0.322 e. The first-order chi connectivity index (χ1) is 8.16. The Hall–Kier alpha value is -1.49. The summed E-state index contributed by atoms with van der Waals surface area (Å²) in [4.78, 5) is 11.8. The van der Waals surface area contributed by atoms with E-state index < -0.39 is 11.6 Å². The van der Waals surface area contributed by atoms with Crippen LogP contribution in [0.25, 0.3) is 0 Å². The number of anilines is 1. The van der Waals surface area contributed by atoms with Gasteiger partial charge in [-0.2, -0.15) is 0 Å². The fraction of sp³-hybridized carbons (Fsp3) is 0.417. The van der Waals surface area contributed by atoms with E-state index in [-0.39, 0.29) is 17.6 Å². The highest BCUT2D eigenvalue weighted by Gasteiger charge is 2.21. The van der Waals surface area contributed by atoms with Gasteiger partial charge >= 0.3 is 0 Å². The Bertz CT molecular complexity index is 417. The molecule has 0 saturated carbocycles. The number of carbonyl (C=O) groups excluding carboxylic acids is 1. The first-order valence-electron chi connectivity index (χ1n) is 5.66. The van der Waals surface area contributed by atoms with Crippen molar-refractivity contribution in [1.29, 1.82) is 0 Å². The van der Waals surface area contributed by atoms with Gasteiger partial charge in [0.15, 0.2) is 0 Å². The van der Waals surface area contributed by atoms with Crippen molar-refractivity contribution >= 4 is 11.6 Å². The molecule has 0 unspecified atom stereocenters. The number of hydrogen-bond donors (Lipinski definition) is 2. The molecule has 1 aromatic carbocycles. The molecule has 0 aromatic heterocycles. The van der Waals surface area contributed by atoms with E-state index in [1.165, 1.54) is 6.07 Å². The molecule has 2 rings (SSSR count). The van der Waals surface area contributed by atoms with Crippen LogP contribution < -0.4 is 10.6 Å². The number of rotatable bonds is 2.